The Morgan fingerprint density at radius 2 is 1.42 bits per heavy atom. The molecular formula is C32H27AlN2O3. The highest BCUT2D eigenvalue weighted by molar-refractivity contribution is 6.40. The van der Waals surface area contributed by atoms with Gasteiger partial charge in [-0.1, -0.05) is 66.7 Å². The van der Waals surface area contributed by atoms with E-state index in [9.17, 15) is 0 Å². The number of pyridine rings is 2. The number of hydrogen-bond acceptors (Lipinski definition) is 5. The minimum absolute atomic E-state index is 0.651. The Bertz CT molecular complexity index is 1620. The molecule has 0 saturated heterocycles. The van der Waals surface area contributed by atoms with Crippen LogP contribution in [0.4, 0.5) is 0 Å². The summed E-state index contributed by atoms with van der Waals surface area (Å²) in [7, 11) is 0. The molecular weight excluding hydrogens is 487 g/mol. The first kappa shape index (κ1) is 24.2. The van der Waals surface area contributed by atoms with E-state index < -0.39 is 15.1 Å². The van der Waals surface area contributed by atoms with Gasteiger partial charge in [-0.05, 0) is 79.8 Å². The van der Waals surface area contributed by atoms with Crippen molar-refractivity contribution in [2.45, 2.75) is 26.7 Å². The Kier molecular flexibility index (Phi) is 6.83. The third-order valence-electron chi connectivity index (χ3n) is 6.56. The standard InChI is InChI=1S/C12H10O.C10H11NO.C10H9NO.Al/c13-12-8-6-11(7-9-12)10-4-2-1-3-5-10;2*1-7-5-6-8-3-2-4-9(12)10(8)11-7;/h1-9,13H;4-6,12H,2-3H2,1H3;2-6,12H,1H3;/q;;;+3/p-3. The van der Waals surface area contributed by atoms with Gasteiger partial charge in [0.2, 0.25) is 0 Å². The molecule has 0 aliphatic heterocycles. The molecule has 1 aliphatic carbocycles. The van der Waals surface area contributed by atoms with Crippen LogP contribution in [0, 0.1) is 13.8 Å². The molecule has 2 aromatic heterocycles. The molecule has 38 heavy (non-hydrogen) atoms. The fourth-order valence-electron chi connectivity index (χ4n) is 4.62. The van der Waals surface area contributed by atoms with E-state index in [4.69, 9.17) is 21.3 Å². The van der Waals surface area contributed by atoms with Crippen molar-refractivity contribution in [3.05, 3.63) is 126 Å². The van der Waals surface area contributed by atoms with E-state index in [1.165, 1.54) is 5.56 Å². The van der Waals surface area contributed by atoms with Crippen LogP contribution in [0.5, 0.6) is 11.5 Å². The molecule has 186 valence electrons. The fourth-order valence-corrected chi connectivity index (χ4v) is 5.96. The molecule has 0 spiro atoms. The lowest BCUT2D eigenvalue weighted by atomic mass is 10.0. The van der Waals surface area contributed by atoms with Gasteiger partial charge in [0.15, 0.2) is 0 Å². The zero-order valence-electron chi connectivity index (χ0n) is 21.4. The van der Waals surface area contributed by atoms with Crippen LogP contribution < -0.4 is 7.58 Å². The Labute approximate surface area is 227 Å². The fraction of sp³-hybridized carbons (Fsp3) is 0.125. The van der Waals surface area contributed by atoms with Gasteiger partial charge < -0.3 is 11.4 Å². The largest absolute Gasteiger partial charge is 1.20 e. The second-order valence-electron chi connectivity index (χ2n) is 9.38. The predicted molar refractivity (Wildman–Crippen MR) is 152 cm³/mol. The molecule has 6 rings (SSSR count). The summed E-state index contributed by atoms with van der Waals surface area (Å²) in [6, 6.07) is 32.5. The van der Waals surface area contributed by atoms with Gasteiger partial charge in [-0.2, -0.15) is 0 Å². The molecule has 3 aromatic carbocycles. The molecule has 2 heterocycles. The number of rotatable bonds is 7. The second kappa shape index (κ2) is 10.7. The Balaban J connectivity index is 1.32. The number of fused-ring (bicyclic) bond motifs is 2. The van der Waals surface area contributed by atoms with Crippen molar-refractivity contribution in [3.8, 4) is 22.6 Å². The van der Waals surface area contributed by atoms with Gasteiger partial charge in [0.25, 0.3) is 0 Å². The quantitative estimate of drug-likeness (QED) is 0.212. The van der Waals surface area contributed by atoms with E-state index in [1.807, 2.05) is 74.5 Å². The topological polar surface area (TPSA) is 53.5 Å². The number of aromatic nitrogens is 2. The van der Waals surface area contributed by atoms with Gasteiger partial charge in [0.1, 0.15) is 22.7 Å². The average Bonchev–Trinajstić information content (AvgIpc) is 2.94. The predicted octanol–water partition coefficient (Wildman–Crippen LogP) is 7.36. The first-order valence-electron chi connectivity index (χ1n) is 12.8. The molecule has 0 fully saturated rings. The highest BCUT2D eigenvalue weighted by atomic mass is 27.3. The van der Waals surface area contributed by atoms with Crippen molar-refractivity contribution in [2.24, 2.45) is 0 Å². The average molecular weight is 515 g/mol. The summed E-state index contributed by atoms with van der Waals surface area (Å²) in [6.45, 7) is 3.97. The molecule has 0 amide bonds. The summed E-state index contributed by atoms with van der Waals surface area (Å²) < 4.78 is 19.5. The number of allylic oxidation sites excluding steroid dienone is 1. The number of nitrogens with zero attached hydrogens (tertiary/aromatic N) is 2. The maximum Gasteiger partial charge on any atom is 1.20 e. The summed E-state index contributed by atoms with van der Waals surface area (Å²) in [4.78, 5) is 9.51. The van der Waals surface area contributed by atoms with E-state index in [2.05, 4.69) is 42.5 Å². The van der Waals surface area contributed by atoms with Crippen LogP contribution in [0.15, 0.2) is 103 Å². The van der Waals surface area contributed by atoms with E-state index in [0.29, 0.717) is 11.5 Å². The Morgan fingerprint density at radius 1 is 0.658 bits per heavy atom. The molecule has 0 radical (unpaired) electrons. The second-order valence-corrected chi connectivity index (χ2v) is 10.7. The van der Waals surface area contributed by atoms with Crippen LogP contribution in [0.1, 0.15) is 29.1 Å². The van der Waals surface area contributed by atoms with E-state index in [0.717, 1.165) is 57.7 Å². The molecule has 1 aliphatic rings. The molecule has 0 atom stereocenters. The zero-order valence-corrected chi connectivity index (χ0v) is 22.6. The van der Waals surface area contributed by atoms with Crippen LogP contribution in [0.2, 0.25) is 0 Å². The van der Waals surface area contributed by atoms with Gasteiger partial charge in [-0.3, -0.25) is 0 Å². The highest BCUT2D eigenvalue weighted by Crippen LogP contribution is 2.30. The summed E-state index contributed by atoms with van der Waals surface area (Å²) in [5.74, 6) is 2.06. The van der Waals surface area contributed by atoms with Crippen LogP contribution >= 0.6 is 0 Å². The zero-order chi connectivity index (χ0) is 25.9. The molecule has 0 saturated carbocycles. The van der Waals surface area contributed by atoms with Gasteiger partial charge in [0.05, 0.1) is 5.75 Å². The van der Waals surface area contributed by atoms with Crippen LogP contribution in [0.3, 0.4) is 0 Å². The normalized spacial score (nSPS) is 12.4. The van der Waals surface area contributed by atoms with Crippen molar-refractivity contribution in [3.63, 3.8) is 0 Å². The molecule has 0 N–H and O–H groups in total. The molecule has 5 aromatic rings. The minimum atomic E-state index is -2.80. The highest BCUT2D eigenvalue weighted by Gasteiger charge is 2.46. The van der Waals surface area contributed by atoms with Gasteiger partial charge in [0, 0.05) is 16.8 Å². The van der Waals surface area contributed by atoms with E-state index in [-0.39, 0.29) is 0 Å². The van der Waals surface area contributed by atoms with E-state index in [1.54, 1.807) is 0 Å². The summed E-state index contributed by atoms with van der Waals surface area (Å²) >= 11 is -2.80. The molecule has 0 unspecified atom stereocenters. The van der Waals surface area contributed by atoms with Gasteiger partial charge in [-0.15, -0.1) is 0 Å². The van der Waals surface area contributed by atoms with E-state index >= 15 is 0 Å². The third-order valence-corrected chi connectivity index (χ3v) is 7.91. The smallest absolute Gasteiger partial charge is 0.577 e. The Morgan fingerprint density at radius 3 is 2.26 bits per heavy atom. The third kappa shape index (κ3) is 5.28. The monoisotopic (exact) mass is 514 g/mol. The lowest BCUT2D eigenvalue weighted by molar-refractivity contribution is 0.289. The Hall–Kier alpha value is -4.11. The van der Waals surface area contributed by atoms with Crippen molar-refractivity contribution in [1.82, 2.24) is 9.97 Å². The summed E-state index contributed by atoms with van der Waals surface area (Å²) in [5, 5.41) is 1.01. The van der Waals surface area contributed by atoms with Crippen LogP contribution in [-0.4, -0.2) is 25.1 Å². The summed E-state index contributed by atoms with van der Waals surface area (Å²) in [6.07, 6.45) is 3.91. The van der Waals surface area contributed by atoms with Crippen LogP contribution in [0.25, 0.3) is 27.8 Å². The lowest BCUT2D eigenvalue weighted by Gasteiger charge is -2.22. The first-order chi connectivity index (χ1) is 18.6. The van der Waals surface area contributed by atoms with Crippen molar-refractivity contribution < 1.29 is 11.4 Å². The van der Waals surface area contributed by atoms with Crippen molar-refractivity contribution in [1.29, 1.82) is 0 Å². The minimum Gasteiger partial charge on any atom is -0.577 e. The SMILES string of the molecule is Cc1ccc2c(n1)C([O][Al]([O]c1ccc(-c3ccccc3)cc1)[O]c1cccc3ccc(C)nc13)=CCC2. The maximum atomic E-state index is 6.54. The van der Waals surface area contributed by atoms with Crippen molar-refractivity contribution >= 4 is 31.8 Å². The number of aryl methyl sites for hydroxylation is 3. The van der Waals surface area contributed by atoms with Gasteiger partial charge in [-0.25, -0.2) is 9.97 Å². The number of benzene rings is 3. The summed E-state index contributed by atoms with van der Waals surface area (Å²) in [5.41, 5.74) is 6.99. The molecule has 5 nitrogen and oxygen atoms in total. The molecule has 6 heteroatoms. The van der Waals surface area contributed by atoms with Gasteiger partial charge >= 0.3 is 15.1 Å². The number of hydrogen-bond donors (Lipinski definition) is 0. The first-order valence-corrected chi connectivity index (χ1v) is 14.2. The van der Waals surface area contributed by atoms with Crippen molar-refractivity contribution in [2.75, 3.05) is 0 Å². The maximum absolute atomic E-state index is 6.54. The van der Waals surface area contributed by atoms with Crippen LogP contribution in [-0.2, 0) is 10.2 Å². The number of para-hydroxylation sites is 1. The lowest BCUT2D eigenvalue weighted by Crippen LogP contribution is -2.34. The molecule has 0 bridgehead atoms.